The lowest BCUT2D eigenvalue weighted by molar-refractivity contribution is 0.286. The number of rotatable bonds is 10. The fourth-order valence-corrected chi connectivity index (χ4v) is 3.66. The molecular formula is C19H33ClN6O2. The third kappa shape index (κ3) is 5.85. The molecule has 158 valence electrons. The van der Waals surface area contributed by atoms with E-state index >= 15 is 0 Å². The largest absolute Gasteiger partial charge is 0.463 e. The second-order valence-corrected chi connectivity index (χ2v) is 7.42. The number of hydrogen-bond acceptors (Lipinski definition) is 6. The normalized spacial score (nSPS) is 14.9. The maximum absolute atomic E-state index is 12.3. The molecule has 1 aliphatic rings. The van der Waals surface area contributed by atoms with Gasteiger partial charge >= 0.3 is 11.7 Å². The van der Waals surface area contributed by atoms with Crippen molar-refractivity contribution in [2.24, 2.45) is 5.92 Å². The van der Waals surface area contributed by atoms with Crippen LogP contribution in [0.2, 0.25) is 0 Å². The molecule has 0 radical (unpaired) electrons. The minimum atomic E-state index is -0.185. The average Bonchev–Trinajstić information content (AvgIpc) is 2.99. The van der Waals surface area contributed by atoms with Crippen LogP contribution in [0.4, 0.5) is 5.82 Å². The van der Waals surface area contributed by atoms with E-state index in [0.29, 0.717) is 24.3 Å². The van der Waals surface area contributed by atoms with Crippen LogP contribution >= 0.6 is 12.4 Å². The summed E-state index contributed by atoms with van der Waals surface area (Å²) >= 11 is 0. The molecule has 9 heteroatoms. The zero-order valence-electron chi connectivity index (χ0n) is 16.7. The molecular weight excluding hydrogens is 380 g/mol. The second-order valence-electron chi connectivity index (χ2n) is 7.42. The summed E-state index contributed by atoms with van der Waals surface area (Å²) in [7, 11) is 0. The van der Waals surface area contributed by atoms with E-state index in [1.165, 1.54) is 25.7 Å². The number of imidazole rings is 1. The number of nitrogen functional groups attached to an aromatic ring is 1. The number of anilines is 1. The lowest BCUT2D eigenvalue weighted by Crippen LogP contribution is -2.27. The third-order valence-electron chi connectivity index (χ3n) is 5.31. The van der Waals surface area contributed by atoms with E-state index in [0.717, 1.165) is 44.7 Å². The van der Waals surface area contributed by atoms with E-state index in [9.17, 15) is 4.79 Å². The summed E-state index contributed by atoms with van der Waals surface area (Å²) in [6, 6.07) is 0.243. The van der Waals surface area contributed by atoms with Gasteiger partial charge in [-0.1, -0.05) is 32.6 Å². The van der Waals surface area contributed by atoms with Gasteiger partial charge in [-0.05, 0) is 44.7 Å². The van der Waals surface area contributed by atoms with E-state index in [1.54, 1.807) is 4.57 Å². The number of unbranched alkanes of at least 4 members (excludes halogenated alkanes) is 3. The van der Waals surface area contributed by atoms with Crippen molar-refractivity contribution >= 4 is 29.4 Å². The van der Waals surface area contributed by atoms with Gasteiger partial charge in [0.1, 0.15) is 5.52 Å². The fraction of sp³-hybridized carbons (Fsp3) is 0.737. The van der Waals surface area contributed by atoms with Crippen LogP contribution < -0.4 is 21.5 Å². The molecule has 4 N–H and O–H groups in total. The Bertz CT molecular complexity index is 785. The molecule has 0 unspecified atom stereocenters. The zero-order valence-corrected chi connectivity index (χ0v) is 17.5. The number of H-pyrrole nitrogens is 1. The Morgan fingerprint density at radius 2 is 1.96 bits per heavy atom. The fourth-order valence-electron chi connectivity index (χ4n) is 3.66. The Kier molecular flexibility index (Phi) is 9.05. The van der Waals surface area contributed by atoms with Crippen LogP contribution in [0.1, 0.15) is 58.3 Å². The van der Waals surface area contributed by atoms with Crippen LogP contribution in [0.25, 0.3) is 11.2 Å². The van der Waals surface area contributed by atoms with Crippen molar-refractivity contribution in [1.29, 1.82) is 0 Å². The molecule has 0 saturated carbocycles. The smallest absolute Gasteiger partial charge is 0.327 e. The highest BCUT2D eigenvalue weighted by Crippen LogP contribution is 2.21. The number of nitrogens with zero attached hydrogens (tertiary/aromatic N) is 3. The number of halogens is 1. The first kappa shape index (κ1) is 22.5. The van der Waals surface area contributed by atoms with Gasteiger partial charge < -0.3 is 20.8 Å². The van der Waals surface area contributed by atoms with Gasteiger partial charge in [0.25, 0.3) is 0 Å². The molecule has 3 rings (SSSR count). The summed E-state index contributed by atoms with van der Waals surface area (Å²) in [6.07, 6.45) is 9.11. The van der Waals surface area contributed by atoms with Crippen LogP contribution in [-0.4, -0.2) is 39.2 Å². The molecule has 0 amide bonds. The summed E-state index contributed by atoms with van der Waals surface area (Å²) in [6.45, 7) is 5.58. The Hall–Kier alpha value is -1.80. The van der Waals surface area contributed by atoms with Crippen molar-refractivity contribution < 1.29 is 4.74 Å². The molecule has 1 saturated heterocycles. The molecule has 2 aromatic rings. The molecule has 0 bridgehead atoms. The number of nitrogens with one attached hydrogen (secondary N) is 2. The summed E-state index contributed by atoms with van der Waals surface area (Å²) in [4.78, 5) is 23.6. The van der Waals surface area contributed by atoms with Gasteiger partial charge in [0, 0.05) is 6.54 Å². The van der Waals surface area contributed by atoms with Gasteiger partial charge in [0.15, 0.2) is 11.5 Å². The van der Waals surface area contributed by atoms with Crippen molar-refractivity contribution in [2.75, 3.05) is 25.4 Å². The summed E-state index contributed by atoms with van der Waals surface area (Å²) in [5.74, 6) is 1.12. The molecule has 1 fully saturated rings. The van der Waals surface area contributed by atoms with Gasteiger partial charge in [-0.3, -0.25) is 4.57 Å². The van der Waals surface area contributed by atoms with Gasteiger partial charge in [-0.25, -0.2) is 4.79 Å². The molecule has 3 heterocycles. The number of fused-ring (bicyclic) bond motifs is 1. The summed E-state index contributed by atoms with van der Waals surface area (Å²) in [5.41, 5.74) is 6.83. The lowest BCUT2D eigenvalue weighted by Gasteiger charge is -2.22. The maximum Gasteiger partial charge on any atom is 0.327 e. The Balaban J connectivity index is 0.00000280. The van der Waals surface area contributed by atoms with Crippen molar-refractivity contribution in [3.63, 3.8) is 0 Å². The maximum atomic E-state index is 12.3. The van der Waals surface area contributed by atoms with Crippen molar-refractivity contribution in [3.05, 3.63) is 10.5 Å². The standard InChI is InChI=1S/C19H32N6O2.ClH/c1-2-3-13-27-18-23-16(20)15-17(24-18)25(19(26)22-15)12-6-4-5-7-14-8-10-21-11-9-14;/h14,21H,2-13H2,1H3,(H,22,26)(H2,20,23,24);1H. The highest BCUT2D eigenvalue weighted by Gasteiger charge is 2.15. The Morgan fingerprint density at radius 3 is 2.71 bits per heavy atom. The molecule has 0 spiro atoms. The lowest BCUT2D eigenvalue weighted by atomic mass is 9.92. The SMILES string of the molecule is CCCCOc1nc(N)c2[nH]c(=O)n(CCCCCC3CCNCC3)c2n1.Cl. The number of hydrogen-bond donors (Lipinski definition) is 3. The first-order valence-electron chi connectivity index (χ1n) is 10.3. The molecule has 0 atom stereocenters. The van der Waals surface area contributed by atoms with E-state index in [2.05, 4.69) is 27.2 Å². The van der Waals surface area contributed by atoms with Gasteiger partial charge in [-0.15, -0.1) is 12.4 Å². The van der Waals surface area contributed by atoms with Crippen LogP contribution in [0, 0.1) is 5.92 Å². The van der Waals surface area contributed by atoms with E-state index in [1.807, 2.05) is 0 Å². The quantitative estimate of drug-likeness (QED) is 0.517. The summed E-state index contributed by atoms with van der Waals surface area (Å²) in [5, 5.41) is 3.41. The monoisotopic (exact) mass is 412 g/mol. The van der Waals surface area contributed by atoms with Crippen LogP contribution in [0.5, 0.6) is 6.01 Å². The molecule has 28 heavy (non-hydrogen) atoms. The van der Waals surface area contributed by atoms with E-state index in [4.69, 9.17) is 10.5 Å². The molecule has 0 aromatic carbocycles. The van der Waals surface area contributed by atoms with Crippen LogP contribution in [-0.2, 0) is 6.54 Å². The number of ether oxygens (including phenoxy) is 1. The minimum absolute atomic E-state index is 0. The number of piperidine rings is 1. The van der Waals surface area contributed by atoms with Crippen LogP contribution in [0.15, 0.2) is 4.79 Å². The predicted octanol–water partition coefficient (Wildman–Crippen LogP) is 2.86. The second kappa shape index (κ2) is 11.3. The molecule has 8 nitrogen and oxygen atoms in total. The van der Waals surface area contributed by atoms with Gasteiger partial charge in [0.2, 0.25) is 0 Å². The van der Waals surface area contributed by atoms with Crippen LogP contribution in [0.3, 0.4) is 0 Å². The summed E-state index contributed by atoms with van der Waals surface area (Å²) < 4.78 is 7.23. The minimum Gasteiger partial charge on any atom is -0.463 e. The van der Waals surface area contributed by atoms with E-state index < -0.39 is 0 Å². The highest BCUT2D eigenvalue weighted by molar-refractivity contribution is 5.85. The Morgan fingerprint density at radius 1 is 1.18 bits per heavy atom. The predicted molar refractivity (Wildman–Crippen MR) is 114 cm³/mol. The average molecular weight is 413 g/mol. The number of aromatic nitrogens is 4. The Labute approximate surface area is 172 Å². The first-order chi connectivity index (χ1) is 13.2. The number of nitrogens with two attached hydrogens (primary N) is 1. The highest BCUT2D eigenvalue weighted by atomic mass is 35.5. The van der Waals surface area contributed by atoms with Crippen molar-refractivity contribution in [2.45, 2.75) is 64.8 Å². The molecule has 2 aromatic heterocycles. The molecule has 1 aliphatic heterocycles. The van der Waals surface area contributed by atoms with Gasteiger partial charge in [0.05, 0.1) is 6.61 Å². The van der Waals surface area contributed by atoms with Crippen molar-refractivity contribution in [3.8, 4) is 6.01 Å². The van der Waals surface area contributed by atoms with Gasteiger partial charge in [-0.2, -0.15) is 9.97 Å². The number of aromatic amines is 1. The first-order valence-corrected chi connectivity index (χ1v) is 10.3. The zero-order chi connectivity index (χ0) is 19.1. The molecule has 0 aliphatic carbocycles. The topological polar surface area (TPSA) is 111 Å². The third-order valence-corrected chi connectivity index (χ3v) is 5.31. The number of aryl methyl sites for hydroxylation is 1. The van der Waals surface area contributed by atoms with Crippen molar-refractivity contribution in [1.82, 2.24) is 24.8 Å². The van der Waals surface area contributed by atoms with E-state index in [-0.39, 0.29) is 29.9 Å².